The summed E-state index contributed by atoms with van der Waals surface area (Å²) >= 11 is 0. The normalized spacial score (nSPS) is 36.5. The van der Waals surface area contributed by atoms with Crippen molar-refractivity contribution in [3.63, 3.8) is 0 Å². The third kappa shape index (κ3) is 2.97. The molecule has 0 aromatic rings. The van der Waals surface area contributed by atoms with Gasteiger partial charge in [-0.15, -0.1) is 0 Å². The maximum absolute atomic E-state index is 6.03. The van der Waals surface area contributed by atoms with Crippen molar-refractivity contribution in [2.24, 2.45) is 11.7 Å². The summed E-state index contributed by atoms with van der Waals surface area (Å²) in [6.07, 6.45) is 8.93. The first kappa shape index (κ1) is 13.8. The van der Waals surface area contributed by atoms with Crippen LogP contribution in [-0.4, -0.2) is 49.6 Å². The van der Waals surface area contributed by atoms with Crippen molar-refractivity contribution in [2.45, 2.75) is 56.8 Å². The highest BCUT2D eigenvalue weighted by Gasteiger charge is 2.43. The topological polar surface area (TPSA) is 47.7 Å². The molecule has 3 aliphatic rings. The zero-order valence-corrected chi connectivity index (χ0v) is 12.0. The van der Waals surface area contributed by atoms with E-state index in [9.17, 15) is 0 Å². The summed E-state index contributed by atoms with van der Waals surface area (Å²) in [6.45, 7) is 4.50. The number of nitrogens with zero attached hydrogens (tertiary/aromatic N) is 1. The number of hydrogen-bond donors (Lipinski definition) is 1. The van der Waals surface area contributed by atoms with Crippen LogP contribution in [0.25, 0.3) is 0 Å². The minimum Gasteiger partial charge on any atom is -0.346 e. The number of likely N-dealkylation sites (tertiary alicyclic amines) is 1. The summed E-state index contributed by atoms with van der Waals surface area (Å²) in [5, 5.41) is 0. The van der Waals surface area contributed by atoms with Crippen LogP contribution in [0.5, 0.6) is 0 Å². The van der Waals surface area contributed by atoms with Crippen molar-refractivity contribution in [1.82, 2.24) is 4.90 Å². The van der Waals surface area contributed by atoms with Crippen LogP contribution in [0.3, 0.4) is 0 Å². The zero-order chi connectivity index (χ0) is 13.1. The molecule has 0 amide bonds. The predicted molar refractivity (Wildman–Crippen MR) is 74.9 cm³/mol. The molecule has 2 aliphatic heterocycles. The molecule has 3 rings (SSSR count). The van der Waals surface area contributed by atoms with Gasteiger partial charge in [-0.25, -0.2) is 0 Å². The van der Waals surface area contributed by atoms with Gasteiger partial charge in [-0.3, -0.25) is 4.90 Å². The molecule has 110 valence electrons. The summed E-state index contributed by atoms with van der Waals surface area (Å²) in [6, 6.07) is 0.650. The third-order valence-corrected chi connectivity index (χ3v) is 5.15. The Bertz CT molecular complexity index is 292. The molecule has 1 spiro atoms. The monoisotopic (exact) mass is 268 g/mol. The largest absolute Gasteiger partial charge is 0.346 e. The van der Waals surface area contributed by atoms with Crippen molar-refractivity contribution in [3.8, 4) is 0 Å². The van der Waals surface area contributed by atoms with E-state index in [2.05, 4.69) is 4.90 Å². The molecule has 0 aromatic carbocycles. The fraction of sp³-hybridized carbons (Fsp3) is 1.00. The summed E-state index contributed by atoms with van der Waals surface area (Å²) in [4.78, 5) is 2.62. The average molecular weight is 268 g/mol. The van der Waals surface area contributed by atoms with Gasteiger partial charge in [0.15, 0.2) is 5.79 Å². The number of piperidine rings is 1. The maximum Gasteiger partial charge on any atom is 0.181 e. The molecule has 2 heterocycles. The van der Waals surface area contributed by atoms with E-state index in [1.54, 1.807) is 0 Å². The highest BCUT2D eigenvalue weighted by molar-refractivity contribution is 4.90. The van der Waals surface area contributed by atoms with E-state index in [0.717, 1.165) is 32.7 Å². The van der Waals surface area contributed by atoms with Crippen LogP contribution in [0.2, 0.25) is 0 Å². The second-order valence-corrected chi connectivity index (χ2v) is 6.38. The molecule has 4 nitrogen and oxygen atoms in total. The minimum atomic E-state index is -0.288. The standard InChI is InChI=1S/C15H28N2O2/c16-11-13-5-2-1-3-6-14(13)17-8-4-7-15(12-17)18-9-10-19-15/h13-14H,1-12,16H2. The molecule has 4 heteroatoms. The van der Waals surface area contributed by atoms with E-state index in [-0.39, 0.29) is 5.79 Å². The zero-order valence-electron chi connectivity index (χ0n) is 12.0. The lowest BCUT2D eigenvalue weighted by Crippen LogP contribution is -2.54. The van der Waals surface area contributed by atoms with E-state index in [1.807, 2.05) is 0 Å². The molecule has 1 aliphatic carbocycles. The van der Waals surface area contributed by atoms with Crippen LogP contribution < -0.4 is 5.73 Å². The second-order valence-electron chi connectivity index (χ2n) is 6.38. The number of nitrogens with two attached hydrogens (primary N) is 1. The Kier molecular flexibility index (Phi) is 4.42. The lowest BCUT2D eigenvalue weighted by Gasteiger charge is -2.44. The summed E-state index contributed by atoms with van der Waals surface area (Å²) in [5.74, 6) is 0.378. The second kappa shape index (κ2) is 6.08. The Morgan fingerprint density at radius 1 is 1.05 bits per heavy atom. The van der Waals surface area contributed by atoms with Crippen LogP contribution in [0.15, 0.2) is 0 Å². The molecule has 2 atom stereocenters. The maximum atomic E-state index is 6.03. The fourth-order valence-corrected chi connectivity index (χ4v) is 4.16. The molecule has 0 aromatic heterocycles. The third-order valence-electron chi connectivity index (χ3n) is 5.15. The van der Waals surface area contributed by atoms with Crippen molar-refractivity contribution in [3.05, 3.63) is 0 Å². The molecule has 1 saturated carbocycles. The van der Waals surface area contributed by atoms with Gasteiger partial charge >= 0.3 is 0 Å². The first-order valence-corrected chi connectivity index (χ1v) is 8.05. The van der Waals surface area contributed by atoms with Crippen molar-refractivity contribution < 1.29 is 9.47 Å². The van der Waals surface area contributed by atoms with Gasteiger partial charge in [-0.1, -0.05) is 19.3 Å². The average Bonchev–Trinajstić information content (AvgIpc) is 2.75. The van der Waals surface area contributed by atoms with Gasteiger partial charge in [0.25, 0.3) is 0 Å². The minimum absolute atomic E-state index is 0.288. The van der Waals surface area contributed by atoms with E-state index >= 15 is 0 Å². The molecule has 2 unspecified atom stereocenters. The molecule has 2 N–H and O–H groups in total. The lowest BCUT2D eigenvalue weighted by molar-refractivity contribution is -0.196. The summed E-state index contributed by atoms with van der Waals surface area (Å²) in [7, 11) is 0. The Morgan fingerprint density at radius 3 is 2.63 bits per heavy atom. The number of ether oxygens (including phenoxy) is 2. The Hall–Kier alpha value is -0.160. The smallest absolute Gasteiger partial charge is 0.181 e. The van der Waals surface area contributed by atoms with Crippen molar-refractivity contribution >= 4 is 0 Å². The molecule has 2 saturated heterocycles. The van der Waals surface area contributed by atoms with Crippen LogP contribution in [0.1, 0.15) is 44.9 Å². The SMILES string of the molecule is NCC1CCCCCC1N1CCCC2(C1)OCCO2. The first-order chi connectivity index (χ1) is 9.33. The highest BCUT2D eigenvalue weighted by atomic mass is 16.7. The molecule has 0 radical (unpaired) electrons. The van der Waals surface area contributed by atoms with Gasteiger partial charge in [-0.05, 0) is 38.3 Å². The van der Waals surface area contributed by atoms with Gasteiger partial charge in [0.05, 0.1) is 19.8 Å². The Morgan fingerprint density at radius 2 is 1.84 bits per heavy atom. The van der Waals surface area contributed by atoms with Crippen LogP contribution in [0.4, 0.5) is 0 Å². The van der Waals surface area contributed by atoms with Gasteiger partial charge in [0.2, 0.25) is 0 Å². The van der Waals surface area contributed by atoms with Gasteiger partial charge in [0, 0.05) is 12.5 Å². The van der Waals surface area contributed by atoms with Crippen molar-refractivity contribution in [2.75, 3.05) is 32.8 Å². The highest BCUT2D eigenvalue weighted by Crippen LogP contribution is 2.35. The fourth-order valence-electron chi connectivity index (χ4n) is 4.16. The molecule has 19 heavy (non-hydrogen) atoms. The van der Waals surface area contributed by atoms with E-state index in [1.165, 1.54) is 45.1 Å². The molecular weight excluding hydrogens is 240 g/mol. The van der Waals surface area contributed by atoms with E-state index < -0.39 is 0 Å². The van der Waals surface area contributed by atoms with Crippen LogP contribution >= 0.6 is 0 Å². The van der Waals surface area contributed by atoms with Crippen molar-refractivity contribution in [1.29, 1.82) is 0 Å². The Balaban J connectivity index is 1.68. The number of hydrogen-bond acceptors (Lipinski definition) is 4. The molecular formula is C15H28N2O2. The molecule has 3 fully saturated rings. The predicted octanol–water partition coefficient (Wildman–Crippen LogP) is 1.73. The van der Waals surface area contributed by atoms with Crippen LogP contribution in [-0.2, 0) is 9.47 Å². The first-order valence-electron chi connectivity index (χ1n) is 8.05. The van der Waals surface area contributed by atoms with Gasteiger partial charge in [0.1, 0.15) is 0 Å². The Labute approximate surface area is 116 Å². The van der Waals surface area contributed by atoms with Gasteiger partial charge in [-0.2, -0.15) is 0 Å². The van der Waals surface area contributed by atoms with Crippen LogP contribution in [0, 0.1) is 5.92 Å². The van der Waals surface area contributed by atoms with E-state index in [0.29, 0.717) is 12.0 Å². The van der Waals surface area contributed by atoms with E-state index in [4.69, 9.17) is 15.2 Å². The quantitative estimate of drug-likeness (QED) is 0.775. The lowest BCUT2D eigenvalue weighted by atomic mass is 9.91. The summed E-state index contributed by atoms with van der Waals surface area (Å²) in [5.41, 5.74) is 6.03. The number of rotatable bonds is 2. The van der Waals surface area contributed by atoms with Gasteiger partial charge < -0.3 is 15.2 Å². The molecule has 0 bridgehead atoms. The summed E-state index contributed by atoms with van der Waals surface area (Å²) < 4.78 is 11.8.